The molecule has 0 aliphatic carbocycles. The zero-order valence-corrected chi connectivity index (χ0v) is 14.3. The maximum absolute atomic E-state index is 12.1. The van der Waals surface area contributed by atoms with Gasteiger partial charge < -0.3 is 14.8 Å². The molecule has 0 fully saturated rings. The molecule has 1 amide bonds. The molecule has 0 aliphatic rings. The van der Waals surface area contributed by atoms with Crippen molar-refractivity contribution in [2.75, 3.05) is 11.9 Å². The minimum Gasteiger partial charge on any atom is -0.492 e. The number of benzene rings is 2. The maximum Gasteiger partial charge on any atom is 0.248 e. The van der Waals surface area contributed by atoms with Gasteiger partial charge in [-0.25, -0.2) is 0 Å². The predicted octanol–water partition coefficient (Wildman–Crippen LogP) is 4.52. The quantitative estimate of drug-likeness (QED) is 0.761. The van der Waals surface area contributed by atoms with Crippen molar-refractivity contribution in [3.63, 3.8) is 0 Å². The summed E-state index contributed by atoms with van der Waals surface area (Å²) < 4.78 is 11.1. The van der Waals surface area contributed by atoms with Crippen LogP contribution in [0, 0.1) is 0 Å². The zero-order valence-electron chi connectivity index (χ0n) is 14.3. The lowest BCUT2D eigenvalue weighted by molar-refractivity contribution is -0.111. The molecule has 0 radical (unpaired) electrons. The summed E-state index contributed by atoms with van der Waals surface area (Å²) >= 11 is 0. The van der Waals surface area contributed by atoms with E-state index in [1.54, 1.807) is 6.08 Å². The molecule has 2 rings (SSSR count). The van der Waals surface area contributed by atoms with Gasteiger partial charge in [0, 0.05) is 6.08 Å². The van der Waals surface area contributed by atoms with Gasteiger partial charge in [-0.2, -0.15) is 0 Å². The van der Waals surface area contributed by atoms with E-state index < -0.39 is 0 Å². The van der Waals surface area contributed by atoms with Crippen molar-refractivity contribution in [2.24, 2.45) is 0 Å². The molecule has 0 unspecified atom stereocenters. The van der Waals surface area contributed by atoms with Crippen LogP contribution in [0.1, 0.15) is 26.3 Å². The summed E-state index contributed by atoms with van der Waals surface area (Å²) in [6, 6.07) is 15.0. The molecule has 0 saturated heterocycles. The monoisotopic (exact) mass is 325 g/mol. The molecule has 0 aliphatic heterocycles. The van der Waals surface area contributed by atoms with Crippen LogP contribution in [-0.2, 0) is 4.79 Å². The van der Waals surface area contributed by atoms with E-state index in [0.717, 1.165) is 11.3 Å². The van der Waals surface area contributed by atoms with Crippen molar-refractivity contribution in [1.82, 2.24) is 0 Å². The van der Waals surface area contributed by atoms with E-state index >= 15 is 0 Å². The summed E-state index contributed by atoms with van der Waals surface area (Å²) in [7, 11) is 0. The molecule has 0 atom stereocenters. The Morgan fingerprint density at radius 2 is 1.96 bits per heavy atom. The van der Waals surface area contributed by atoms with E-state index in [2.05, 4.69) is 5.32 Å². The summed E-state index contributed by atoms with van der Waals surface area (Å²) in [5, 5.41) is 2.83. The molecule has 1 N–H and O–H groups in total. The van der Waals surface area contributed by atoms with Gasteiger partial charge in [-0.15, -0.1) is 0 Å². The highest BCUT2D eigenvalue weighted by Crippen LogP contribution is 2.23. The van der Waals surface area contributed by atoms with Gasteiger partial charge in [0.15, 0.2) is 0 Å². The van der Waals surface area contributed by atoms with Gasteiger partial charge in [-0.05, 0) is 56.7 Å². The Kier molecular flexibility index (Phi) is 6.43. The van der Waals surface area contributed by atoms with Crippen LogP contribution in [0.5, 0.6) is 11.5 Å². The zero-order chi connectivity index (χ0) is 17.4. The van der Waals surface area contributed by atoms with Crippen molar-refractivity contribution in [2.45, 2.75) is 26.9 Å². The number of nitrogens with one attached hydrogen (secondary N) is 1. The molecule has 0 heterocycles. The number of para-hydroxylation sites is 2. The molecule has 0 spiro atoms. The Balaban J connectivity index is 2.03. The average molecular weight is 325 g/mol. The molecule has 126 valence electrons. The van der Waals surface area contributed by atoms with E-state index in [9.17, 15) is 4.79 Å². The van der Waals surface area contributed by atoms with Crippen molar-refractivity contribution in [1.29, 1.82) is 0 Å². The lowest BCUT2D eigenvalue weighted by Gasteiger charge is -2.10. The SMILES string of the molecule is CCOc1ccccc1NC(=O)/C=C/c1cccc(OC(C)C)c1. The Hall–Kier alpha value is -2.75. The van der Waals surface area contributed by atoms with Gasteiger partial charge in [0.1, 0.15) is 11.5 Å². The van der Waals surface area contributed by atoms with E-state index in [4.69, 9.17) is 9.47 Å². The molecule has 2 aromatic rings. The fraction of sp³-hybridized carbons (Fsp3) is 0.250. The van der Waals surface area contributed by atoms with E-state index in [-0.39, 0.29) is 12.0 Å². The number of anilines is 1. The van der Waals surface area contributed by atoms with Crippen molar-refractivity contribution >= 4 is 17.7 Å². The molecule has 24 heavy (non-hydrogen) atoms. The standard InChI is InChI=1S/C20H23NO3/c1-4-23-19-11-6-5-10-18(19)21-20(22)13-12-16-8-7-9-17(14-16)24-15(2)3/h5-15H,4H2,1-3H3,(H,21,22)/b13-12+. The normalized spacial score (nSPS) is 10.8. The highest BCUT2D eigenvalue weighted by atomic mass is 16.5. The van der Waals surface area contributed by atoms with Crippen LogP contribution in [0.3, 0.4) is 0 Å². The smallest absolute Gasteiger partial charge is 0.248 e. The predicted molar refractivity (Wildman–Crippen MR) is 97.5 cm³/mol. The summed E-state index contributed by atoms with van der Waals surface area (Å²) in [6.45, 7) is 6.41. The largest absolute Gasteiger partial charge is 0.492 e. The Morgan fingerprint density at radius 1 is 1.17 bits per heavy atom. The number of carbonyl (C=O) groups excluding carboxylic acids is 1. The van der Waals surface area contributed by atoms with Crippen LogP contribution in [-0.4, -0.2) is 18.6 Å². The number of ether oxygens (including phenoxy) is 2. The maximum atomic E-state index is 12.1. The first-order valence-corrected chi connectivity index (χ1v) is 8.06. The van der Waals surface area contributed by atoms with Crippen LogP contribution in [0.4, 0.5) is 5.69 Å². The molecule has 4 heteroatoms. The second-order valence-electron chi connectivity index (χ2n) is 5.49. The van der Waals surface area contributed by atoms with Gasteiger partial charge in [-0.3, -0.25) is 4.79 Å². The number of hydrogen-bond donors (Lipinski definition) is 1. The number of amides is 1. The molecular formula is C20H23NO3. The summed E-state index contributed by atoms with van der Waals surface area (Å²) in [5.74, 6) is 1.24. The second-order valence-corrected chi connectivity index (χ2v) is 5.49. The van der Waals surface area contributed by atoms with E-state index in [1.807, 2.05) is 69.3 Å². The molecule has 2 aromatic carbocycles. The fourth-order valence-electron chi connectivity index (χ4n) is 2.16. The van der Waals surface area contributed by atoms with E-state index in [1.165, 1.54) is 6.08 Å². The molecule has 0 aromatic heterocycles. The van der Waals surface area contributed by atoms with Gasteiger partial charge in [0.25, 0.3) is 0 Å². The van der Waals surface area contributed by atoms with Crippen LogP contribution < -0.4 is 14.8 Å². The number of rotatable bonds is 7. The Morgan fingerprint density at radius 3 is 2.71 bits per heavy atom. The van der Waals surface area contributed by atoms with Gasteiger partial charge in [0.2, 0.25) is 5.91 Å². The van der Waals surface area contributed by atoms with Gasteiger partial charge >= 0.3 is 0 Å². The molecule has 0 bridgehead atoms. The fourth-order valence-corrected chi connectivity index (χ4v) is 2.16. The van der Waals surface area contributed by atoms with Crippen LogP contribution in [0.2, 0.25) is 0 Å². The van der Waals surface area contributed by atoms with Crippen LogP contribution in [0.25, 0.3) is 6.08 Å². The van der Waals surface area contributed by atoms with Crippen molar-refractivity contribution in [3.8, 4) is 11.5 Å². The summed E-state index contributed by atoms with van der Waals surface area (Å²) in [4.78, 5) is 12.1. The Bertz CT molecular complexity index is 708. The third-order valence-corrected chi connectivity index (χ3v) is 3.10. The highest BCUT2D eigenvalue weighted by Gasteiger charge is 2.05. The van der Waals surface area contributed by atoms with Crippen LogP contribution >= 0.6 is 0 Å². The average Bonchev–Trinajstić information content (AvgIpc) is 2.55. The third-order valence-electron chi connectivity index (χ3n) is 3.10. The van der Waals surface area contributed by atoms with Gasteiger partial charge in [-0.1, -0.05) is 24.3 Å². The van der Waals surface area contributed by atoms with Crippen molar-refractivity contribution < 1.29 is 14.3 Å². The molecular weight excluding hydrogens is 302 g/mol. The summed E-state index contributed by atoms with van der Waals surface area (Å²) in [6.07, 6.45) is 3.37. The minimum atomic E-state index is -0.211. The second kappa shape index (κ2) is 8.77. The first-order valence-electron chi connectivity index (χ1n) is 8.06. The number of carbonyl (C=O) groups is 1. The lowest BCUT2D eigenvalue weighted by Crippen LogP contribution is -2.09. The van der Waals surface area contributed by atoms with Crippen LogP contribution in [0.15, 0.2) is 54.6 Å². The first kappa shape index (κ1) is 17.6. The topological polar surface area (TPSA) is 47.6 Å². The van der Waals surface area contributed by atoms with Crippen molar-refractivity contribution in [3.05, 3.63) is 60.2 Å². The molecule has 0 saturated carbocycles. The lowest BCUT2D eigenvalue weighted by atomic mass is 10.2. The summed E-state index contributed by atoms with van der Waals surface area (Å²) in [5.41, 5.74) is 1.56. The highest BCUT2D eigenvalue weighted by molar-refractivity contribution is 6.02. The van der Waals surface area contributed by atoms with E-state index in [0.29, 0.717) is 18.0 Å². The first-order chi connectivity index (χ1) is 11.6. The third kappa shape index (κ3) is 5.47. The minimum absolute atomic E-state index is 0.114. The Labute approximate surface area is 143 Å². The number of hydrogen-bond acceptors (Lipinski definition) is 3. The molecule has 4 nitrogen and oxygen atoms in total. The van der Waals surface area contributed by atoms with Gasteiger partial charge in [0.05, 0.1) is 18.4 Å².